The van der Waals surface area contributed by atoms with Gasteiger partial charge in [0.1, 0.15) is 18.2 Å². The van der Waals surface area contributed by atoms with E-state index in [1.165, 1.54) is 20.3 Å². The molecule has 0 heterocycles. The number of hydrogen-bond donors (Lipinski definition) is 1. The van der Waals surface area contributed by atoms with Crippen LogP contribution in [0.4, 0.5) is 4.39 Å². The summed E-state index contributed by atoms with van der Waals surface area (Å²) in [4.78, 5) is 0. The summed E-state index contributed by atoms with van der Waals surface area (Å²) in [6.45, 7) is -0.0433. The molecule has 21 heavy (non-hydrogen) atoms. The van der Waals surface area contributed by atoms with Crippen molar-refractivity contribution in [3.05, 3.63) is 53.3 Å². The molecule has 2 aromatic carbocycles. The molecule has 0 unspecified atom stereocenters. The molecular formula is C16H17FO4. The first kappa shape index (κ1) is 15.1. The van der Waals surface area contributed by atoms with Crippen LogP contribution in [0.2, 0.25) is 0 Å². The van der Waals surface area contributed by atoms with Gasteiger partial charge in [-0.05, 0) is 29.8 Å². The van der Waals surface area contributed by atoms with E-state index < -0.39 is 5.82 Å². The highest BCUT2D eigenvalue weighted by molar-refractivity contribution is 5.43. The zero-order valence-electron chi connectivity index (χ0n) is 11.9. The van der Waals surface area contributed by atoms with Crippen molar-refractivity contribution in [3.63, 3.8) is 0 Å². The molecule has 0 radical (unpaired) electrons. The monoisotopic (exact) mass is 292 g/mol. The van der Waals surface area contributed by atoms with Crippen molar-refractivity contribution in [2.45, 2.75) is 13.2 Å². The molecule has 0 bridgehead atoms. The average Bonchev–Trinajstić information content (AvgIpc) is 2.53. The summed E-state index contributed by atoms with van der Waals surface area (Å²) in [7, 11) is 3.00. The SMILES string of the molecule is COc1ccc(COc2cc(CO)ccc2OC)c(F)c1. The first-order chi connectivity index (χ1) is 10.2. The quantitative estimate of drug-likeness (QED) is 0.889. The molecule has 5 heteroatoms. The van der Waals surface area contributed by atoms with Crippen molar-refractivity contribution in [1.29, 1.82) is 0 Å². The number of methoxy groups -OCH3 is 2. The van der Waals surface area contributed by atoms with E-state index in [9.17, 15) is 4.39 Å². The Balaban J connectivity index is 2.15. The molecule has 1 N–H and O–H groups in total. The van der Waals surface area contributed by atoms with Crippen molar-refractivity contribution in [2.24, 2.45) is 0 Å². The second-order valence-corrected chi connectivity index (χ2v) is 4.39. The Labute approximate surface area is 122 Å². The van der Waals surface area contributed by atoms with Crippen LogP contribution in [0, 0.1) is 5.82 Å². The molecule has 0 saturated carbocycles. The summed E-state index contributed by atoms with van der Waals surface area (Å²) in [6, 6.07) is 9.69. The molecule has 0 atom stereocenters. The molecule has 0 aliphatic rings. The Morgan fingerprint density at radius 3 is 2.43 bits per heavy atom. The average molecular weight is 292 g/mol. The van der Waals surface area contributed by atoms with Gasteiger partial charge < -0.3 is 19.3 Å². The lowest BCUT2D eigenvalue weighted by Crippen LogP contribution is -2.01. The molecule has 2 aromatic rings. The molecule has 0 aliphatic heterocycles. The number of rotatable bonds is 6. The van der Waals surface area contributed by atoms with Crippen molar-refractivity contribution >= 4 is 0 Å². The van der Waals surface area contributed by atoms with Gasteiger partial charge in [0.05, 0.1) is 20.8 Å². The number of aliphatic hydroxyl groups is 1. The highest BCUT2D eigenvalue weighted by Gasteiger charge is 2.09. The summed E-state index contributed by atoms with van der Waals surface area (Å²) < 4.78 is 29.6. The fourth-order valence-corrected chi connectivity index (χ4v) is 1.86. The maximum atomic E-state index is 13.8. The largest absolute Gasteiger partial charge is 0.497 e. The highest BCUT2D eigenvalue weighted by Crippen LogP contribution is 2.29. The zero-order chi connectivity index (χ0) is 15.2. The summed E-state index contributed by atoms with van der Waals surface area (Å²) in [6.07, 6.45) is 0. The van der Waals surface area contributed by atoms with Crippen LogP contribution in [0.15, 0.2) is 36.4 Å². The molecular weight excluding hydrogens is 275 g/mol. The van der Waals surface area contributed by atoms with Crippen LogP contribution in [0.25, 0.3) is 0 Å². The van der Waals surface area contributed by atoms with Gasteiger partial charge in [-0.1, -0.05) is 6.07 Å². The first-order valence-corrected chi connectivity index (χ1v) is 6.41. The summed E-state index contributed by atoms with van der Waals surface area (Å²) in [5, 5.41) is 9.14. The number of ether oxygens (including phenoxy) is 3. The summed E-state index contributed by atoms with van der Waals surface area (Å²) >= 11 is 0. The van der Waals surface area contributed by atoms with Gasteiger partial charge in [0.15, 0.2) is 11.5 Å². The van der Waals surface area contributed by atoms with E-state index in [-0.39, 0.29) is 13.2 Å². The van der Waals surface area contributed by atoms with Crippen molar-refractivity contribution in [1.82, 2.24) is 0 Å². The summed E-state index contributed by atoms with van der Waals surface area (Å²) in [5.74, 6) is 1.04. The topological polar surface area (TPSA) is 47.9 Å². The van der Waals surface area contributed by atoms with Gasteiger partial charge in [0, 0.05) is 11.6 Å². The van der Waals surface area contributed by atoms with Crippen LogP contribution in [-0.4, -0.2) is 19.3 Å². The lowest BCUT2D eigenvalue weighted by atomic mass is 10.2. The molecule has 112 valence electrons. The highest BCUT2D eigenvalue weighted by atomic mass is 19.1. The van der Waals surface area contributed by atoms with Gasteiger partial charge in [-0.3, -0.25) is 0 Å². The van der Waals surface area contributed by atoms with E-state index in [1.807, 2.05) is 0 Å². The van der Waals surface area contributed by atoms with E-state index in [0.717, 1.165) is 0 Å². The molecule has 0 aliphatic carbocycles. The van der Waals surface area contributed by atoms with Crippen LogP contribution in [0.3, 0.4) is 0 Å². The fourth-order valence-electron chi connectivity index (χ4n) is 1.86. The molecule has 0 aromatic heterocycles. The summed E-state index contributed by atoms with van der Waals surface area (Å²) in [5.41, 5.74) is 1.10. The Morgan fingerprint density at radius 1 is 1.00 bits per heavy atom. The normalized spacial score (nSPS) is 10.3. The van der Waals surface area contributed by atoms with E-state index in [1.54, 1.807) is 30.3 Å². The standard InChI is InChI=1S/C16H17FO4/c1-19-13-5-4-12(14(17)8-13)10-21-16-7-11(9-18)3-6-15(16)20-2/h3-8,18H,9-10H2,1-2H3. The third-order valence-electron chi connectivity index (χ3n) is 3.05. The lowest BCUT2D eigenvalue weighted by molar-refractivity contribution is 0.269. The predicted octanol–water partition coefficient (Wildman–Crippen LogP) is 2.91. The zero-order valence-corrected chi connectivity index (χ0v) is 11.9. The third kappa shape index (κ3) is 3.64. The smallest absolute Gasteiger partial charge is 0.162 e. The number of halogens is 1. The number of aliphatic hydroxyl groups excluding tert-OH is 1. The second-order valence-electron chi connectivity index (χ2n) is 4.39. The number of hydrogen-bond acceptors (Lipinski definition) is 4. The molecule has 0 fully saturated rings. The lowest BCUT2D eigenvalue weighted by Gasteiger charge is -2.12. The Hall–Kier alpha value is -2.27. The molecule has 0 saturated heterocycles. The van der Waals surface area contributed by atoms with Crippen molar-refractivity contribution in [3.8, 4) is 17.2 Å². The van der Waals surface area contributed by atoms with Crippen LogP contribution < -0.4 is 14.2 Å². The van der Waals surface area contributed by atoms with Crippen LogP contribution in [-0.2, 0) is 13.2 Å². The van der Waals surface area contributed by atoms with E-state index >= 15 is 0 Å². The number of benzene rings is 2. The Bertz CT molecular complexity index is 613. The predicted molar refractivity (Wildman–Crippen MR) is 76.2 cm³/mol. The van der Waals surface area contributed by atoms with E-state index in [0.29, 0.717) is 28.4 Å². The van der Waals surface area contributed by atoms with Crippen LogP contribution >= 0.6 is 0 Å². The Kier molecular flexibility index (Phi) is 5.00. The minimum Gasteiger partial charge on any atom is -0.497 e. The van der Waals surface area contributed by atoms with Crippen molar-refractivity contribution < 1.29 is 23.7 Å². The fraction of sp³-hybridized carbons (Fsp3) is 0.250. The van der Waals surface area contributed by atoms with E-state index in [4.69, 9.17) is 19.3 Å². The second kappa shape index (κ2) is 6.95. The van der Waals surface area contributed by atoms with Gasteiger partial charge in [-0.25, -0.2) is 4.39 Å². The van der Waals surface area contributed by atoms with Gasteiger partial charge >= 0.3 is 0 Å². The molecule has 0 amide bonds. The first-order valence-electron chi connectivity index (χ1n) is 6.41. The van der Waals surface area contributed by atoms with Gasteiger partial charge in [0.25, 0.3) is 0 Å². The van der Waals surface area contributed by atoms with Crippen LogP contribution in [0.5, 0.6) is 17.2 Å². The minimum atomic E-state index is -0.397. The Morgan fingerprint density at radius 2 is 1.81 bits per heavy atom. The molecule has 0 spiro atoms. The van der Waals surface area contributed by atoms with E-state index in [2.05, 4.69) is 0 Å². The van der Waals surface area contributed by atoms with Gasteiger partial charge in [-0.15, -0.1) is 0 Å². The molecule has 4 nitrogen and oxygen atoms in total. The maximum Gasteiger partial charge on any atom is 0.162 e. The maximum absolute atomic E-state index is 13.8. The third-order valence-corrected chi connectivity index (χ3v) is 3.05. The van der Waals surface area contributed by atoms with Crippen LogP contribution in [0.1, 0.15) is 11.1 Å². The molecule has 2 rings (SSSR count). The van der Waals surface area contributed by atoms with Crippen molar-refractivity contribution in [2.75, 3.05) is 14.2 Å². The van der Waals surface area contributed by atoms with Gasteiger partial charge in [-0.2, -0.15) is 0 Å². The van der Waals surface area contributed by atoms with Gasteiger partial charge in [0.2, 0.25) is 0 Å². The minimum absolute atomic E-state index is 0.0566.